The zero-order valence-electron chi connectivity index (χ0n) is 11.8. The van der Waals surface area contributed by atoms with Gasteiger partial charge in [0.15, 0.2) is 0 Å². The molecular formula is C14H18N4O2. The van der Waals surface area contributed by atoms with E-state index in [1.807, 2.05) is 18.2 Å². The molecule has 1 aromatic heterocycles. The molecule has 1 aromatic carbocycles. The molecule has 20 heavy (non-hydrogen) atoms. The van der Waals surface area contributed by atoms with Crippen LogP contribution in [-0.2, 0) is 11.8 Å². The van der Waals surface area contributed by atoms with Crippen LogP contribution >= 0.6 is 0 Å². The Balaban J connectivity index is 2.24. The molecule has 1 amide bonds. The number of methoxy groups -OCH3 is 1. The highest BCUT2D eigenvalue weighted by atomic mass is 16.5. The fraction of sp³-hybridized carbons (Fsp3) is 0.286. The van der Waals surface area contributed by atoms with Gasteiger partial charge in [0.2, 0.25) is 5.91 Å². The Bertz CT molecular complexity index is 609. The molecule has 1 unspecified atom stereocenters. The second-order valence-electron chi connectivity index (χ2n) is 4.49. The lowest BCUT2D eigenvalue weighted by atomic mass is 10.1. The quantitative estimate of drug-likeness (QED) is 0.905. The molecule has 2 aromatic rings. The zero-order chi connectivity index (χ0) is 14.7. The molecule has 1 atom stereocenters. The standard InChI is InChI=1S/C14H18N4O2/c1-17-9-10(8-16-17)13(15)14(19)18(2)11-6-4-5-7-12(11)20-3/h4-9,13H,15H2,1-3H3. The first kappa shape index (κ1) is 14.1. The normalized spacial score (nSPS) is 12.0. The van der Waals surface area contributed by atoms with E-state index in [9.17, 15) is 4.79 Å². The fourth-order valence-corrected chi connectivity index (χ4v) is 1.98. The van der Waals surface area contributed by atoms with Gasteiger partial charge in [-0.1, -0.05) is 12.1 Å². The van der Waals surface area contributed by atoms with Crippen LogP contribution in [0.5, 0.6) is 5.75 Å². The second kappa shape index (κ2) is 5.75. The number of aromatic nitrogens is 2. The number of hydrogen-bond acceptors (Lipinski definition) is 4. The van der Waals surface area contributed by atoms with Crippen LogP contribution in [0.1, 0.15) is 11.6 Å². The van der Waals surface area contributed by atoms with Crippen molar-refractivity contribution in [2.24, 2.45) is 12.8 Å². The second-order valence-corrected chi connectivity index (χ2v) is 4.49. The van der Waals surface area contributed by atoms with E-state index < -0.39 is 6.04 Å². The Morgan fingerprint density at radius 1 is 1.45 bits per heavy atom. The van der Waals surface area contributed by atoms with Crippen LogP contribution < -0.4 is 15.4 Å². The maximum absolute atomic E-state index is 12.4. The van der Waals surface area contributed by atoms with Crippen molar-refractivity contribution in [3.05, 3.63) is 42.2 Å². The molecule has 106 valence electrons. The van der Waals surface area contributed by atoms with E-state index in [0.717, 1.165) is 0 Å². The van der Waals surface area contributed by atoms with Gasteiger partial charge in [-0.15, -0.1) is 0 Å². The van der Waals surface area contributed by atoms with Gasteiger partial charge in [0.1, 0.15) is 11.8 Å². The first-order valence-electron chi connectivity index (χ1n) is 6.19. The van der Waals surface area contributed by atoms with Crippen molar-refractivity contribution < 1.29 is 9.53 Å². The molecule has 0 aliphatic carbocycles. The number of likely N-dealkylation sites (N-methyl/N-ethyl adjacent to an activating group) is 1. The molecule has 2 rings (SSSR count). The highest BCUT2D eigenvalue weighted by Crippen LogP contribution is 2.28. The number of para-hydroxylation sites is 2. The van der Waals surface area contributed by atoms with Gasteiger partial charge in [-0.05, 0) is 12.1 Å². The summed E-state index contributed by atoms with van der Waals surface area (Å²) in [5.41, 5.74) is 7.36. The van der Waals surface area contributed by atoms with E-state index in [-0.39, 0.29) is 5.91 Å². The number of nitrogens with zero attached hydrogens (tertiary/aromatic N) is 3. The molecule has 0 aliphatic heterocycles. The SMILES string of the molecule is COc1ccccc1N(C)C(=O)C(N)c1cnn(C)c1. The predicted octanol–water partition coefficient (Wildman–Crippen LogP) is 1.09. The highest BCUT2D eigenvalue weighted by Gasteiger charge is 2.23. The molecule has 0 fully saturated rings. The van der Waals surface area contributed by atoms with Crippen molar-refractivity contribution in [1.82, 2.24) is 9.78 Å². The van der Waals surface area contributed by atoms with Gasteiger partial charge >= 0.3 is 0 Å². The van der Waals surface area contributed by atoms with Crippen LogP contribution in [0.4, 0.5) is 5.69 Å². The molecule has 0 saturated carbocycles. The van der Waals surface area contributed by atoms with Crippen LogP contribution in [0.3, 0.4) is 0 Å². The predicted molar refractivity (Wildman–Crippen MR) is 76.5 cm³/mol. The van der Waals surface area contributed by atoms with Crippen molar-refractivity contribution in [3.63, 3.8) is 0 Å². The Labute approximate surface area is 117 Å². The van der Waals surface area contributed by atoms with Crippen molar-refractivity contribution >= 4 is 11.6 Å². The van der Waals surface area contributed by atoms with Gasteiger partial charge in [0.25, 0.3) is 0 Å². The number of carbonyl (C=O) groups is 1. The summed E-state index contributed by atoms with van der Waals surface area (Å²) in [6, 6.07) is 6.55. The van der Waals surface area contributed by atoms with Gasteiger partial charge in [-0.25, -0.2) is 0 Å². The van der Waals surface area contributed by atoms with Crippen molar-refractivity contribution in [1.29, 1.82) is 0 Å². The summed E-state index contributed by atoms with van der Waals surface area (Å²) in [5, 5.41) is 4.03. The zero-order valence-corrected chi connectivity index (χ0v) is 11.8. The maximum atomic E-state index is 12.4. The Morgan fingerprint density at radius 3 is 2.75 bits per heavy atom. The molecule has 6 heteroatoms. The molecule has 0 aliphatic rings. The lowest BCUT2D eigenvalue weighted by molar-refractivity contribution is -0.119. The van der Waals surface area contributed by atoms with E-state index in [1.165, 1.54) is 4.90 Å². The number of amides is 1. The minimum Gasteiger partial charge on any atom is -0.495 e. The van der Waals surface area contributed by atoms with Gasteiger partial charge < -0.3 is 15.4 Å². The Hall–Kier alpha value is -2.34. The van der Waals surface area contributed by atoms with Crippen LogP contribution in [0.25, 0.3) is 0 Å². The summed E-state index contributed by atoms with van der Waals surface area (Å²) in [6.45, 7) is 0. The summed E-state index contributed by atoms with van der Waals surface area (Å²) >= 11 is 0. The van der Waals surface area contributed by atoms with Crippen molar-refractivity contribution in [2.75, 3.05) is 19.1 Å². The third-order valence-electron chi connectivity index (χ3n) is 3.13. The number of nitrogens with two attached hydrogens (primary N) is 1. The lowest BCUT2D eigenvalue weighted by Gasteiger charge is -2.22. The Morgan fingerprint density at radius 2 is 2.15 bits per heavy atom. The minimum absolute atomic E-state index is 0.220. The number of rotatable bonds is 4. The van der Waals surface area contributed by atoms with Gasteiger partial charge in [0, 0.05) is 25.9 Å². The monoisotopic (exact) mass is 274 g/mol. The van der Waals surface area contributed by atoms with Crippen molar-refractivity contribution in [2.45, 2.75) is 6.04 Å². The Kier molecular flexibility index (Phi) is 4.05. The number of hydrogen-bond donors (Lipinski definition) is 1. The summed E-state index contributed by atoms with van der Waals surface area (Å²) in [6.07, 6.45) is 3.33. The number of benzene rings is 1. The summed E-state index contributed by atoms with van der Waals surface area (Å²) in [7, 11) is 5.03. The first-order valence-corrected chi connectivity index (χ1v) is 6.19. The molecule has 6 nitrogen and oxygen atoms in total. The van der Waals surface area contributed by atoms with E-state index in [4.69, 9.17) is 10.5 Å². The lowest BCUT2D eigenvalue weighted by Crippen LogP contribution is -2.35. The van der Waals surface area contributed by atoms with Crippen molar-refractivity contribution in [3.8, 4) is 5.75 Å². The molecule has 0 bridgehead atoms. The number of anilines is 1. The number of carbonyl (C=O) groups excluding carboxylic acids is 1. The van der Waals surface area contributed by atoms with Crippen LogP contribution in [-0.4, -0.2) is 29.8 Å². The largest absolute Gasteiger partial charge is 0.495 e. The maximum Gasteiger partial charge on any atom is 0.248 e. The molecule has 0 saturated heterocycles. The van der Waals surface area contributed by atoms with Crippen LogP contribution in [0.2, 0.25) is 0 Å². The van der Waals surface area contributed by atoms with Crippen LogP contribution in [0, 0.1) is 0 Å². The van der Waals surface area contributed by atoms with E-state index >= 15 is 0 Å². The number of ether oxygens (including phenoxy) is 1. The van der Waals surface area contributed by atoms with E-state index in [0.29, 0.717) is 17.0 Å². The first-order chi connectivity index (χ1) is 9.54. The highest BCUT2D eigenvalue weighted by molar-refractivity contribution is 5.98. The molecule has 1 heterocycles. The van der Waals surface area contributed by atoms with Crippen LogP contribution in [0.15, 0.2) is 36.7 Å². The molecular weight excluding hydrogens is 256 g/mol. The van der Waals surface area contributed by atoms with E-state index in [1.54, 1.807) is 44.3 Å². The minimum atomic E-state index is -0.751. The number of aryl methyl sites for hydroxylation is 1. The average Bonchev–Trinajstić information content (AvgIpc) is 2.91. The van der Waals surface area contributed by atoms with E-state index in [2.05, 4.69) is 5.10 Å². The third-order valence-corrected chi connectivity index (χ3v) is 3.13. The average molecular weight is 274 g/mol. The summed E-state index contributed by atoms with van der Waals surface area (Å²) < 4.78 is 6.87. The summed E-state index contributed by atoms with van der Waals surface area (Å²) in [5.74, 6) is 0.407. The topological polar surface area (TPSA) is 73.4 Å². The van der Waals surface area contributed by atoms with Gasteiger partial charge in [-0.3, -0.25) is 9.48 Å². The summed E-state index contributed by atoms with van der Waals surface area (Å²) in [4.78, 5) is 13.9. The third kappa shape index (κ3) is 2.65. The molecule has 2 N–H and O–H groups in total. The molecule has 0 spiro atoms. The van der Waals surface area contributed by atoms with Gasteiger partial charge in [-0.2, -0.15) is 5.10 Å². The smallest absolute Gasteiger partial charge is 0.248 e. The fourth-order valence-electron chi connectivity index (χ4n) is 1.98. The molecule has 0 radical (unpaired) electrons. The van der Waals surface area contributed by atoms with Gasteiger partial charge in [0.05, 0.1) is 19.0 Å².